The van der Waals surface area contributed by atoms with Gasteiger partial charge in [-0.3, -0.25) is 10.1 Å². The topological polar surface area (TPSA) is 103 Å². The smallest absolute Gasteiger partial charge is 0.293 e. The molecule has 0 saturated heterocycles. The third-order valence-corrected chi connectivity index (χ3v) is 2.71. The van der Waals surface area contributed by atoms with E-state index in [-0.39, 0.29) is 11.5 Å². The second kappa shape index (κ2) is 5.08. The summed E-state index contributed by atoms with van der Waals surface area (Å²) in [5.41, 5.74) is 0.441. The lowest BCUT2D eigenvalue weighted by Gasteiger charge is -1.97. The molecule has 7 nitrogen and oxygen atoms in total. The number of rotatable bonds is 4. The molecule has 0 atom stereocenters. The van der Waals surface area contributed by atoms with Crippen LogP contribution in [0, 0.1) is 5.82 Å². The number of hydrogen-bond acceptors (Lipinski definition) is 4. The minimum atomic E-state index is -0.365. The van der Waals surface area contributed by atoms with E-state index in [1.54, 1.807) is 6.07 Å². The van der Waals surface area contributed by atoms with Crippen LogP contribution in [0.25, 0.3) is 0 Å². The second-order valence-electron chi connectivity index (χ2n) is 4.31. The summed E-state index contributed by atoms with van der Waals surface area (Å²) in [5, 5.41) is 12.9. The van der Waals surface area contributed by atoms with Crippen LogP contribution in [0.5, 0.6) is 0 Å². The van der Waals surface area contributed by atoms with Gasteiger partial charge < -0.3 is 0 Å². The summed E-state index contributed by atoms with van der Waals surface area (Å²) in [5.74, 6) is 1.32. The summed E-state index contributed by atoms with van der Waals surface area (Å²) in [6.07, 6.45) is 0.778. The summed E-state index contributed by atoms with van der Waals surface area (Å²) < 4.78 is 13.1. The molecule has 8 heteroatoms. The Labute approximate surface area is 112 Å². The number of aromatic amines is 3. The van der Waals surface area contributed by atoms with Gasteiger partial charge in [-0.15, -0.1) is 0 Å². The monoisotopic (exact) mass is 274 g/mol. The molecule has 0 aliphatic heterocycles. The fourth-order valence-corrected chi connectivity index (χ4v) is 1.87. The molecule has 0 bridgehead atoms. The highest BCUT2D eigenvalue weighted by molar-refractivity contribution is 5.20. The zero-order valence-electron chi connectivity index (χ0n) is 10.4. The average molecular weight is 274 g/mol. The fourth-order valence-electron chi connectivity index (χ4n) is 1.87. The maximum absolute atomic E-state index is 13.1. The van der Waals surface area contributed by atoms with E-state index < -0.39 is 0 Å². The molecule has 102 valence electrons. The molecule has 3 N–H and O–H groups in total. The number of nitrogens with zero attached hydrogens (tertiary/aromatic N) is 3. The zero-order valence-corrected chi connectivity index (χ0v) is 10.4. The first-order valence-corrected chi connectivity index (χ1v) is 5.97. The van der Waals surface area contributed by atoms with Gasteiger partial charge in [-0.05, 0) is 17.7 Å². The van der Waals surface area contributed by atoms with Gasteiger partial charge in [0, 0.05) is 6.42 Å². The quantitative estimate of drug-likeness (QED) is 0.646. The van der Waals surface area contributed by atoms with Gasteiger partial charge in [0.1, 0.15) is 17.5 Å². The summed E-state index contributed by atoms with van der Waals surface area (Å²) in [6, 6.07) is 6.31. The van der Waals surface area contributed by atoms with E-state index in [9.17, 15) is 9.18 Å². The van der Waals surface area contributed by atoms with E-state index in [0.717, 1.165) is 5.56 Å². The van der Waals surface area contributed by atoms with Crippen LogP contribution in [0.2, 0.25) is 0 Å². The van der Waals surface area contributed by atoms with E-state index in [0.29, 0.717) is 30.3 Å². The van der Waals surface area contributed by atoms with Gasteiger partial charge in [0.05, 0.1) is 6.42 Å². The van der Waals surface area contributed by atoms with E-state index in [2.05, 4.69) is 30.4 Å². The van der Waals surface area contributed by atoms with Crippen LogP contribution in [-0.4, -0.2) is 30.4 Å². The molecule has 2 heterocycles. The molecule has 1 aromatic carbocycles. The lowest BCUT2D eigenvalue weighted by molar-refractivity contribution is 0.626. The highest BCUT2D eigenvalue weighted by Gasteiger charge is 2.08. The van der Waals surface area contributed by atoms with Gasteiger partial charge in [0.25, 0.3) is 0 Å². The van der Waals surface area contributed by atoms with Gasteiger partial charge in [-0.2, -0.15) is 10.2 Å². The van der Waals surface area contributed by atoms with Gasteiger partial charge >= 0.3 is 5.69 Å². The lowest BCUT2D eigenvalue weighted by atomic mass is 10.1. The summed E-state index contributed by atoms with van der Waals surface area (Å²) in [7, 11) is 0. The van der Waals surface area contributed by atoms with Crippen molar-refractivity contribution in [3.63, 3.8) is 0 Å². The van der Waals surface area contributed by atoms with Crippen molar-refractivity contribution < 1.29 is 4.39 Å². The Balaban J connectivity index is 1.72. The highest BCUT2D eigenvalue weighted by atomic mass is 19.1. The minimum Gasteiger partial charge on any atom is -0.293 e. The molecule has 2 aromatic heterocycles. The molecule has 3 aromatic rings. The van der Waals surface area contributed by atoms with Crippen LogP contribution in [0.3, 0.4) is 0 Å². The Morgan fingerprint density at radius 1 is 1.10 bits per heavy atom. The Bertz CT molecular complexity index is 774. The van der Waals surface area contributed by atoms with Gasteiger partial charge in [-0.1, -0.05) is 12.1 Å². The Morgan fingerprint density at radius 3 is 2.75 bits per heavy atom. The van der Waals surface area contributed by atoms with Crippen molar-refractivity contribution in [3.8, 4) is 0 Å². The molecule has 0 fully saturated rings. The molecule has 0 unspecified atom stereocenters. The van der Waals surface area contributed by atoms with Crippen molar-refractivity contribution in [2.75, 3.05) is 0 Å². The Morgan fingerprint density at radius 2 is 2.00 bits per heavy atom. The molecule has 20 heavy (non-hydrogen) atoms. The van der Waals surface area contributed by atoms with Crippen molar-refractivity contribution >= 4 is 0 Å². The molecule has 0 aliphatic rings. The second-order valence-corrected chi connectivity index (χ2v) is 4.31. The lowest BCUT2D eigenvalue weighted by Crippen LogP contribution is -2.01. The first kappa shape index (κ1) is 12.3. The van der Waals surface area contributed by atoms with Crippen LogP contribution in [0.4, 0.5) is 4.39 Å². The number of H-pyrrole nitrogens is 3. The SMILES string of the molecule is O=c1[nH]nc(Cc2n[nH]c(Cc3cccc(F)c3)n2)[nH]1. The Hall–Kier alpha value is -2.77. The van der Waals surface area contributed by atoms with Crippen LogP contribution in [-0.2, 0) is 12.8 Å². The number of nitrogens with one attached hydrogen (secondary N) is 3. The van der Waals surface area contributed by atoms with E-state index >= 15 is 0 Å². The molecular formula is C12H11FN6O. The van der Waals surface area contributed by atoms with Crippen LogP contribution in [0.1, 0.15) is 23.0 Å². The van der Waals surface area contributed by atoms with E-state index in [1.807, 2.05) is 6.07 Å². The normalized spacial score (nSPS) is 10.8. The van der Waals surface area contributed by atoms with Crippen molar-refractivity contribution in [1.29, 1.82) is 0 Å². The first-order valence-electron chi connectivity index (χ1n) is 5.97. The van der Waals surface area contributed by atoms with Gasteiger partial charge in [-0.25, -0.2) is 19.3 Å². The summed E-state index contributed by atoms with van der Waals surface area (Å²) in [6.45, 7) is 0. The molecule has 0 aliphatic carbocycles. The van der Waals surface area contributed by atoms with Crippen molar-refractivity contribution in [3.05, 3.63) is 63.6 Å². The minimum absolute atomic E-state index is 0.281. The van der Waals surface area contributed by atoms with Crippen LogP contribution in [0.15, 0.2) is 29.1 Å². The first-order chi connectivity index (χ1) is 9.69. The molecule has 0 spiro atoms. The largest absolute Gasteiger partial charge is 0.340 e. The predicted molar refractivity (Wildman–Crippen MR) is 67.6 cm³/mol. The molecule has 0 saturated carbocycles. The molecule has 0 amide bonds. The fraction of sp³-hybridized carbons (Fsp3) is 0.167. The molecule has 0 radical (unpaired) electrons. The highest BCUT2D eigenvalue weighted by Crippen LogP contribution is 2.08. The third kappa shape index (κ3) is 2.79. The number of benzene rings is 1. The molecular weight excluding hydrogens is 263 g/mol. The number of halogens is 1. The van der Waals surface area contributed by atoms with Crippen molar-refractivity contribution in [2.45, 2.75) is 12.8 Å². The standard InChI is InChI=1S/C12H11FN6O/c13-8-3-1-2-7(4-8)5-9-14-10(17-16-9)6-11-15-12(20)19-18-11/h1-4H,5-6H2,(H,14,16,17)(H2,15,18,19,20). The predicted octanol–water partition coefficient (Wildman–Crippen LogP) is 0.537. The van der Waals surface area contributed by atoms with E-state index in [4.69, 9.17) is 0 Å². The average Bonchev–Trinajstić information content (AvgIpc) is 3.00. The van der Waals surface area contributed by atoms with Crippen LogP contribution < -0.4 is 5.69 Å². The van der Waals surface area contributed by atoms with Gasteiger partial charge in [0.2, 0.25) is 0 Å². The zero-order chi connectivity index (χ0) is 13.9. The van der Waals surface area contributed by atoms with Crippen molar-refractivity contribution in [2.24, 2.45) is 0 Å². The summed E-state index contributed by atoms with van der Waals surface area (Å²) in [4.78, 5) is 17.7. The van der Waals surface area contributed by atoms with Gasteiger partial charge in [0.15, 0.2) is 5.82 Å². The Kier molecular flexibility index (Phi) is 3.12. The molecule has 3 rings (SSSR count). The maximum atomic E-state index is 13.1. The third-order valence-electron chi connectivity index (χ3n) is 2.71. The summed E-state index contributed by atoms with van der Waals surface area (Å²) >= 11 is 0. The maximum Gasteiger partial charge on any atom is 0.340 e. The number of hydrogen-bond donors (Lipinski definition) is 3. The van der Waals surface area contributed by atoms with Crippen LogP contribution >= 0.6 is 0 Å². The number of aromatic nitrogens is 6. The van der Waals surface area contributed by atoms with E-state index in [1.165, 1.54) is 12.1 Å². The van der Waals surface area contributed by atoms with Crippen molar-refractivity contribution in [1.82, 2.24) is 30.4 Å².